The standard InChI is InChI=1S/C26H27FN6O/c1-17-21(18(2)33(31-17)20-9-5-3-6-10-20)16-25(34)28-23-15-19(12-13-22(23)27)26-30-29-24-11-7-4-8-14-32(24)26/h3,5-6,9-10,12-13,15H,4,7-8,11,14,16H2,1-2H3,(H,28,34). The summed E-state index contributed by atoms with van der Waals surface area (Å²) >= 11 is 0. The van der Waals surface area contributed by atoms with Crippen molar-refractivity contribution < 1.29 is 9.18 Å². The van der Waals surface area contributed by atoms with Crippen LogP contribution >= 0.6 is 0 Å². The topological polar surface area (TPSA) is 77.6 Å². The van der Waals surface area contributed by atoms with Crippen molar-refractivity contribution in [2.24, 2.45) is 0 Å². The van der Waals surface area contributed by atoms with Gasteiger partial charge in [-0.2, -0.15) is 5.10 Å². The number of amides is 1. The third kappa shape index (κ3) is 4.23. The van der Waals surface area contributed by atoms with Gasteiger partial charge < -0.3 is 9.88 Å². The molecule has 2 aromatic carbocycles. The molecule has 34 heavy (non-hydrogen) atoms. The third-order valence-corrected chi connectivity index (χ3v) is 6.39. The number of rotatable bonds is 5. The van der Waals surface area contributed by atoms with Gasteiger partial charge in [0.15, 0.2) is 5.82 Å². The second kappa shape index (κ2) is 9.21. The Morgan fingerprint density at radius 1 is 1.06 bits per heavy atom. The number of anilines is 1. The first-order valence-corrected chi connectivity index (χ1v) is 11.6. The summed E-state index contributed by atoms with van der Waals surface area (Å²) in [5.41, 5.74) is 4.30. The number of nitrogens with one attached hydrogen (secondary N) is 1. The molecule has 3 heterocycles. The van der Waals surface area contributed by atoms with Crippen molar-refractivity contribution in [2.75, 3.05) is 5.32 Å². The molecule has 0 fully saturated rings. The number of aromatic nitrogens is 5. The molecule has 5 rings (SSSR count). The summed E-state index contributed by atoms with van der Waals surface area (Å²) in [5.74, 6) is 0.892. The average Bonchev–Trinajstić information content (AvgIpc) is 3.26. The lowest BCUT2D eigenvalue weighted by Gasteiger charge is -2.11. The molecule has 0 saturated carbocycles. The van der Waals surface area contributed by atoms with Gasteiger partial charge in [0.2, 0.25) is 5.91 Å². The highest BCUT2D eigenvalue weighted by Gasteiger charge is 2.19. The van der Waals surface area contributed by atoms with Gasteiger partial charge in [-0.05, 0) is 57.0 Å². The monoisotopic (exact) mass is 458 g/mol. The third-order valence-electron chi connectivity index (χ3n) is 6.39. The fourth-order valence-electron chi connectivity index (χ4n) is 4.57. The zero-order valence-corrected chi connectivity index (χ0v) is 19.4. The maximum atomic E-state index is 14.6. The first kappa shape index (κ1) is 22.0. The van der Waals surface area contributed by atoms with E-state index in [2.05, 4.69) is 25.2 Å². The van der Waals surface area contributed by atoms with Crippen LogP contribution < -0.4 is 5.32 Å². The minimum Gasteiger partial charge on any atom is -0.323 e. The van der Waals surface area contributed by atoms with E-state index in [1.807, 2.05) is 48.9 Å². The van der Waals surface area contributed by atoms with Crippen LogP contribution in [0, 0.1) is 19.7 Å². The predicted octanol–water partition coefficient (Wildman–Crippen LogP) is 4.79. The van der Waals surface area contributed by atoms with Gasteiger partial charge in [0, 0.05) is 29.8 Å². The van der Waals surface area contributed by atoms with E-state index in [-0.39, 0.29) is 18.0 Å². The number of hydrogen-bond donors (Lipinski definition) is 1. The van der Waals surface area contributed by atoms with Crippen LogP contribution in [0.5, 0.6) is 0 Å². The molecule has 0 aliphatic carbocycles. The summed E-state index contributed by atoms with van der Waals surface area (Å²) in [4.78, 5) is 12.9. The number of hydrogen-bond acceptors (Lipinski definition) is 4. The summed E-state index contributed by atoms with van der Waals surface area (Å²) in [6.45, 7) is 4.67. The summed E-state index contributed by atoms with van der Waals surface area (Å²) in [6.07, 6.45) is 4.33. The number of halogens is 1. The fraction of sp³-hybridized carbons (Fsp3) is 0.308. The van der Waals surface area contributed by atoms with E-state index in [0.29, 0.717) is 5.82 Å². The number of para-hydroxylation sites is 1. The van der Waals surface area contributed by atoms with E-state index in [4.69, 9.17) is 0 Å². The molecule has 1 amide bonds. The van der Waals surface area contributed by atoms with Crippen molar-refractivity contribution in [1.82, 2.24) is 24.5 Å². The lowest BCUT2D eigenvalue weighted by molar-refractivity contribution is -0.115. The van der Waals surface area contributed by atoms with Gasteiger partial charge in [0.1, 0.15) is 11.6 Å². The average molecular weight is 459 g/mol. The van der Waals surface area contributed by atoms with E-state index < -0.39 is 5.82 Å². The maximum Gasteiger partial charge on any atom is 0.229 e. The van der Waals surface area contributed by atoms with Gasteiger partial charge in [-0.25, -0.2) is 9.07 Å². The molecule has 0 radical (unpaired) electrons. The molecule has 0 unspecified atom stereocenters. The van der Waals surface area contributed by atoms with E-state index in [1.54, 1.807) is 12.1 Å². The second-order valence-electron chi connectivity index (χ2n) is 8.72. The van der Waals surface area contributed by atoms with Crippen molar-refractivity contribution in [3.05, 3.63) is 77.1 Å². The number of nitrogens with zero attached hydrogens (tertiary/aromatic N) is 5. The zero-order chi connectivity index (χ0) is 23.7. The molecule has 1 aliphatic rings. The predicted molar refractivity (Wildman–Crippen MR) is 128 cm³/mol. The maximum absolute atomic E-state index is 14.6. The van der Waals surface area contributed by atoms with E-state index in [9.17, 15) is 9.18 Å². The molecule has 7 nitrogen and oxygen atoms in total. The Bertz CT molecular complexity index is 1340. The molecular weight excluding hydrogens is 431 g/mol. The highest BCUT2D eigenvalue weighted by Crippen LogP contribution is 2.27. The Kier molecular flexibility index (Phi) is 5.96. The smallest absolute Gasteiger partial charge is 0.229 e. The van der Waals surface area contributed by atoms with Crippen molar-refractivity contribution in [2.45, 2.75) is 52.5 Å². The van der Waals surface area contributed by atoms with E-state index in [0.717, 1.165) is 66.3 Å². The van der Waals surface area contributed by atoms with Crippen LogP contribution in [-0.2, 0) is 24.2 Å². The largest absolute Gasteiger partial charge is 0.323 e. The summed E-state index contributed by atoms with van der Waals surface area (Å²) in [7, 11) is 0. The summed E-state index contributed by atoms with van der Waals surface area (Å²) in [6, 6.07) is 14.5. The van der Waals surface area contributed by atoms with Crippen molar-refractivity contribution in [3.8, 4) is 17.1 Å². The molecular formula is C26H27FN6O. The van der Waals surface area contributed by atoms with Crippen LogP contribution in [0.4, 0.5) is 10.1 Å². The molecule has 0 spiro atoms. The Morgan fingerprint density at radius 2 is 1.88 bits per heavy atom. The van der Waals surface area contributed by atoms with Gasteiger partial charge in [0.05, 0.1) is 23.5 Å². The highest BCUT2D eigenvalue weighted by atomic mass is 19.1. The lowest BCUT2D eigenvalue weighted by atomic mass is 10.1. The van der Waals surface area contributed by atoms with Crippen LogP contribution in [0.1, 0.15) is 42.0 Å². The van der Waals surface area contributed by atoms with Crippen molar-refractivity contribution >= 4 is 11.6 Å². The van der Waals surface area contributed by atoms with Gasteiger partial charge >= 0.3 is 0 Å². The molecule has 0 bridgehead atoms. The normalized spacial score (nSPS) is 13.4. The molecule has 0 saturated heterocycles. The Labute approximate surface area is 197 Å². The summed E-state index contributed by atoms with van der Waals surface area (Å²) in [5, 5.41) is 16.0. The van der Waals surface area contributed by atoms with Crippen molar-refractivity contribution in [1.29, 1.82) is 0 Å². The minimum atomic E-state index is -0.485. The van der Waals surface area contributed by atoms with Gasteiger partial charge in [-0.15, -0.1) is 10.2 Å². The molecule has 4 aromatic rings. The SMILES string of the molecule is Cc1nn(-c2ccccc2)c(C)c1CC(=O)Nc1cc(-c2nnc3n2CCCCC3)ccc1F. The molecule has 8 heteroatoms. The molecule has 0 atom stereocenters. The number of benzene rings is 2. The van der Waals surface area contributed by atoms with Crippen LogP contribution in [0.3, 0.4) is 0 Å². The van der Waals surface area contributed by atoms with Crippen molar-refractivity contribution in [3.63, 3.8) is 0 Å². The van der Waals surface area contributed by atoms with Crippen LogP contribution in [0.2, 0.25) is 0 Å². The van der Waals surface area contributed by atoms with Crippen LogP contribution in [-0.4, -0.2) is 30.5 Å². The molecule has 174 valence electrons. The van der Waals surface area contributed by atoms with Gasteiger partial charge in [0.25, 0.3) is 0 Å². The number of carbonyl (C=O) groups excluding carboxylic acids is 1. The Morgan fingerprint density at radius 3 is 2.71 bits per heavy atom. The Balaban J connectivity index is 1.37. The highest BCUT2D eigenvalue weighted by molar-refractivity contribution is 5.93. The zero-order valence-electron chi connectivity index (χ0n) is 19.4. The number of aryl methyl sites for hydroxylation is 2. The van der Waals surface area contributed by atoms with E-state index >= 15 is 0 Å². The van der Waals surface area contributed by atoms with Gasteiger partial charge in [-0.3, -0.25) is 4.79 Å². The molecule has 1 aliphatic heterocycles. The Hall–Kier alpha value is -3.81. The summed E-state index contributed by atoms with van der Waals surface area (Å²) < 4.78 is 18.6. The first-order valence-electron chi connectivity index (χ1n) is 11.6. The lowest BCUT2D eigenvalue weighted by Crippen LogP contribution is -2.16. The van der Waals surface area contributed by atoms with Crippen LogP contribution in [0.15, 0.2) is 48.5 Å². The fourth-order valence-corrected chi connectivity index (χ4v) is 4.57. The first-order chi connectivity index (χ1) is 16.5. The number of carbonyl (C=O) groups is 1. The minimum absolute atomic E-state index is 0.106. The van der Waals surface area contributed by atoms with Gasteiger partial charge in [-0.1, -0.05) is 24.6 Å². The second-order valence-corrected chi connectivity index (χ2v) is 8.72. The number of fused-ring (bicyclic) bond motifs is 1. The quantitative estimate of drug-likeness (QED) is 0.466. The van der Waals surface area contributed by atoms with E-state index in [1.165, 1.54) is 6.07 Å². The van der Waals surface area contributed by atoms with Crippen LogP contribution in [0.25, 0.3) is 17.1 Å². The molecule has 2 aromatic heterocycles. The molecule has 1 N–H and O–H groups in total.